The largest absolute Gasteiger partial charge is 0.471 e. The number of aliphatic hydroxyl groups excluding tert-OH is 1. The molecule has 0 bridgehead atoms. The van der Waals surface area contributed by atoms with Gasteiger partial charge in [0.25, 0.3) is 0 Å². The van der Waals surface area contributed by atoms with Gasteiger partial charge in [0.2, 0.25) is 0 Å². The van der Waals surface area contributed by atoms with Crippen LogP contribution in [-0.4, -0.2) is 24.0 Å². The predicted octanol–water partition coefficient (Wildman–Crippen LogP) is 0.137. The third-order valence-electron chi connectivity index (χ3n) is 2.03. The average Bonchev–Trinajstić information content (AvgIpc) is 2.28. The maximum Gasteiger partial charge on any atom is 0.175 e. The number of aliphatic hydroxyl groups is 1. The van der Waals surface area contributed by atoms with Crippen molar-refractivity contribution in [2.24, 2.45) is 5.73 Å². The molecule has 4 N–H and O–H groups in total. The summed E-state index contributed by atoms with van der Waals surface area (Å²) in [6.07, 6.45) is -1.33. The summed E-state index contributed by atoms with van der Waals surface area (Å²) in [6.45, 7) is 0.415. The minimum Gasteiger partial charge on any atom is -0.471 e. The number of hydrogen-bond acceptors (Lipinski definition) is 4. The third-order valence-corrected chi connectivity index (χ3v) is 2.03. The standard InChI is InChI=1S/C9H12N2O2/c10-9-7(12)5-11-6-3-1-2-4-8(6)13-9/h1-4,7,9,11-12H,5,10H2. The van der Waals surface area contributed by atoms with E-state index in [-0.39, 0.29) is 0 Å². The van der Waals surface area contributed by atoms with Crippen LogP contribution in [0.15, 0.2) is 24.3 Å². The Morgan fingerprint density at radius 2 is 2.23 bits per heavy atom. The molecular weight excluding hydrogens is 168 g/mol. The maximum atomic E-state index is 9.42. The molecule has 1 heterocycles. The predicted molar refractivity (Wildman–Crippen MR) is 49.5 cm³/mol. The summed E-state index contributed by atoms with van der Waals surface area (Å²) in [5, 5.41) is 12.5. The van der Waals surface area contributed by atoms with Crippen molar-refractivity contribution < 1.29 is 9.84 Å². The van der Waals surface area contributed by atoms with Gasteiger partial charge >= 0.3 is 0 Å². The molecule has 0 fully saturated rings. The Morgan fingerprint density at radius 1 is 1.46 bits per heavy atom. The lowest BCUT2D eigenvalue weighted by molar-refractivity contribution is 0.0536. The maximum absolute atomic E-state index is 9.42. The van der Waals surface area contributed by atoms with Gasteiger partial charge in [-0.15, -0.1) is 0 Å². The minimum atomic E-state index is -0.674. The molecule has 70 valence electrons. The van der Waals surface area contributed by atoms with E-state index in [9.17, 15) is 5.11 Å². The van der Waals surface area contributed by atoms with Crippen LogP contribution < -0.4 is 15.8 Å². The van der Waals surface area contributed by atoms with E-state index in [2.05, 4.69) is 5.32 Å². The molecule has 0 amide bonds. The van der Waals surface area contributed by atoms with E-state index in [1.54, 1.807) is 0 Å². The molecule has 2 rings (SSSR count). The SMILES string of the molecule is NC1Oc2ccccc2NCC1O. The first-order chi connectivity index (χ1) is 6.27. The highest BCUT2D eigenvalue weighted by Gasteiger charge is 2.21. The number of para-hydroxylation sites is 2. The molecule has 2 unspecified atom stereocenters. The highest BCUT2D eigenvalue weighted by molar-refractivity contribution is 5.56. The summed E-state index contributed by atoms with van der Waals surface area (Å²) in [7, 11) is 0. The van der Waals surface area contributed by atoms with E-state index >= 15 is 0 Å². The van der Waals surface area contributed by atoms with Crippen LogP contribution in [0.5, 0.6) is 5.75 Å². The lowest BCUT2D eigenvalue weighted by Crippen LogP contribution is -2.41. The molecule has 0 saturated heterocycles. The van der Waals surface area contributed by atoms with Crippen molar-refractivity contribution in [2.75, 3.05) is 11.9 Å². The Bertz CT molecular complexity index is 303. The Balaban J connectivity index is 2.29. The number of anilines is 1. The van der Waals surface area contributed by atoms with Crippen LogP contribution in [-0.2, 0) is 0 Å². The summed E-state index contributed by atoms with van der Waals surface area (Å²) >= 11 is 0. The van der Waals surface area contributed by atoms with Crippen LogP contribution >= 0.6 is 0 Å². The normalized spacial score (nSPS) is 26.6. The molecule has 0 saturated carbocycles. The monoisotopic (exact) mass is 180 g/mol. The Morgan fingerprint density at radius 3 is 3.08 bits per heavy atom. The fraction of sp³-hybridized carbons (Fsp3) is 0.333. The van der Waals surface area contributed by atoms with Crippen LogP contribution in [0.3, 0.4) is 0 Å². The molecular formula is C9H12N2O2. The van der Waals surface area contributed by atoms with Crippen molar-refractivity contribution in [3.8, 4) is 5.75 Å². The van der Waals surface area contributed by atoms with E-state index < -0.39 is 12.3 Å². The topological polar surface area (TPSA) is 67.5 Å². The second-order valence-electron chi connectivity index (χ2n) is 3.03. The number of benzene rings is 1. The quantitative estimate of drug-likeness (QED) is 0.531. The number of fused-ring (bicyclic) bond motifs is 1. The molecule has 1 aliphatic rings. The average molecular weight is 180 g/mol. The summed E-state index contributed by atoms with van der Waals surface area (Å²) in [5.74, 6) is 0.687. The smallest absolute Gasteiger partial charge is 0.175 e. The minimum absolute atomic E-state index is 0.415. The number of β-amino-alcohol motifs (C(OH)–C–C–N with tert-alkyl or cyclic N) is 1. The third kappa shape index (κ3) is 1.59. The van der Waals surface area contributed by atoms with Gasteiger partial charge in [0.05, 0.1) is 5.69 Å². The van der Waals surface area contributed by atoms with Crippen molar-refractivity contribution in [3.63, 3.8) is 0 Å². The van der Waals surface area contributed by atoms with Crippen LogP contribution in [0.25, 0.3) is 0 Å². The molecule has 0 aromatic heterocycles. The van der Waals surface area contributed by atoms with Crippen LogP contribution in [0.1, 0.15) is 0 Å². The highest BCUT2D eigenvalue weighted by atomic mass is 16.5. The fourth-order valence-electron chi connectivity index (χ4n) is 1.27. The first-order valence-corrected chi connectivity index (χ1v) is 4.20. The van der Waals surface area contributed by atoms with E-state index in [0.29, 0.717) is 12.3 Å². The van der Waals surface area contributed by atoms with Gasteiger partial charge in [-0.05, 0) is 12.1 Å². The molecule has 4 nitrogen and oxygen atoms in total. The molecule has 4 heteroatoms. The first-order valence-electron chi connectivity index (χ1n) is 4.20. The second-order valence-corrected chi connectivity index (χ2v) is 3.03. The van der Waals surface area contributed by atoms with E-state index in [0.717, 1.165) is 5.69 Å². The molecule has 0 spiro atoms. The van der Waals surface area contributed by atoms with E-state index in [4.69, 9.17) is 10.5 Å². The second kappa shape index (κ2) is 3.24. The van der Waals surface area contributed by atoms with Crippen molar-refractivity contribution >= 4 is 5.69 Å². The van der Waals surface area contributed by atoms with E-state index in [1.165, 1.54) is 0 Å². The fourth-order valence-corrected chi connectivity index (χ4v) is 1.27. The van der Waals surface area contributed by atoms with Gasteiger partial charge in [0.15, 0.2) is 6.23 Å². The molecule has 0 radical (unpaired) electrons. The summed E-state index contributed by atoms with van der Waals surface area (Å²) in [6, 6.07) is 7.48. The summed E-state index contributed by atoms with van der Waals surface area (Å²) in [4.78, 5) is 0. The van der Waals surface area contributed by atoms with Gasteiger partial charge in [0.1, 0.15) is 11.9 Å². The van der Waals surface area contributed by atoms with Crippen molar-refractivity contribution in [2.45, 2.75) is 12.3 Å². The van der Waals surface area contributed by atoms with Crippen LogP contribution in [0.4, 0.5) is 5.69 Å². The van der Waals surface area contributed by atoms with Crippen molar-refractivity contribution in [1.29, 1.82) is 0 Å². The lowest BCUT2D eigenvalue weighted by atomic mass is 10.3. The summed E-state index contributed by atoms with van der Waals surface area (Å²) < 4.78 is 5.33. The highest BCUT2D eigenvalue weighted by Crippen LogP contribution is 2.26. The zero-order valence-electron chi connectivity index (χ0n) is 7.10. The van der Waals surface area contributed by atoms with Gasteiger partial charge in [0, 0.05) is 6.54 Å². The number of ether oxygens (including phenoxy) is 1. The van der Waals surface area contributed by atoms with Crippen LogP contribution in [0.2, 0.25) is 0 Å². The first kappa shape index (κ1) is 8.34. The zero-order valence-corrected chi connectivity index (χ0v) is 7.10. The summed E-state index contributed by atoms with van der Waals surface area (Å²) in [5.41, 5.74) is 6.45. The molecule has 2 atom stereocenters. The van der Waals surface area contributed by atoms with Gasteiger partial charge in [-0.25, -0.2) is 0 Å². The Labute approximate surface area is 76.3 Å². The number of nitrogens with one attached hydrogen (secondary N) is 1. The molecule has 1 aliphatic heterocycles. The lowest BCUT2D eigenvalue weighted by Gasteiger charge is -2.15. The number of hydrogen-bond donors (Lipinski definition) is 3. The molecule has 13 heavy (non-hydrogen) atoms. The van der Waals surface area contributed by atoms with Gasteiger partial charge < -0.3 is 15.2 Å². The Kier molecular flexibility index (Phi) is 2.08. The van der Waals surface area contributed by atoms with Gasteiger partial charge in [-0.3, -0.25) is 5.73 Å². The number of nitrogens with two attached hydrogens (primary N) is 1. The van der Waals surface area contributed by atoms with Gasteiger partial charge in [-0.1, -0.05) is 12.1 Å². The van der Waals surface area contributed by atoms with Crippen LogP contribution in [0, 0.1) is 0 Å². The van der Waals surface area contributed by atoms with Crippen molar-refractivity contribution in [3.05, 3.63) is 24.3 Å². The Hall–Kier alpha value is -1.26. The van der Waals surface area contributed by atoms with Crippen molar-refractivity contribution in [1.82, 2.24) is 0 Å². The van der Waals surface area contributed by atoms with Gasteiger partial charge in [-0.2, -0.15) is 0 Å². The molecule has 1 aromatic carbocycles. The number of rotatable bonds is 0. The zero-order chi connectivity index (χ0) is 9.26. The van der Waals surface area contributed by atoms with E-state index in [1.807, 2.05) is 24.3 Å². The molecule has 0 aliphatic carbocycles. The molecule has 1 aromatic rings.